The molecule has 3 nitrogen and oxygen atoms in total. The summed E-state index contributed by atoms with van der Waals surface area (Å²) < 4.78 is 43.7. The predicted molar refractivity (Wildman–Crippen MR) is 76.9 cm³/mol. The number of halogens is 4. The number of benzene rings is 1. The molecule has 0 aliphatic heterocycles. The van der Waals surface area contributed by atoms with E-state index in [9.17, 15) is 18.0 Å². The Labute approximate surface area is 130 Å². The second-order valence-electron chi connectivity index (χ2n) is 5.64. The molecule has 21 heavy (non-hydrogen) atoms. The van der Waals surface area contributed by atoms with Crippen molar-refractivity contribution in [3.05, 3.63) is 33.8 Å². The number of hydrogen-bond donors (Lipinski definition) is 1. The van der Waals surface area contributed by atoms with E-state index in [4.69, 9.17) is 4.74 Å². The third-order valence-corrected chi connectivity index (χ3v) is 2.94. The summed E-state index contributed by atoms with van der Waals surface area (Å²) >= 11 is 3.04. The van der Waals surface area contributed by atoms with Crippen molar-refractivity contribution >= 4 is 22.0 Å². The van der Waals surface area contributed by atoms with E-state index < -0.39 is 29.5 Å². The third kappa shape index (κ3) is 5.95. The van der Waals surface area contributed by atoms with Crippen molar-refractivity contribution in [2.24, 2.45) is 0 Å². The van der Waals surface area contributed by atoms with Crippen LogP contribution in [-0.4, -0.2) is 11.7 Å². The van der Waals surface area contributed by atoms with Gasteiger partial charge in [-0.05, 0) is 51.5 Å². The summed E-state index contributed by atoms with van der Waals surface area (Å²) in [5, 5.41) is 2.51. The van der Waals surface area contributed by atoms with Gasteiger partial charge >= 0.3 is 12.3 Å². The maximum Gasteiger partial charge on any atom is 0.416 e. The van der Waals surface area contributed by atoms with Gasteiger partial charge in [-0.25, -0.2) is 4.79 Å². The Morgan fingerprint density at radius 1 is 1.24 bits per heavy atom. The molecule has 0 aromatic heterocycles. The van der Waals surface area contributed by atoms with E-state index in [-0.39, 0.29) is 0 Å². The van der Waals surface area contributed by atoms with E-state index in [1.807, 2.05) is 0 Å². The summed E-state index contributed by atoms with van der Waals surface area (Å²) in [4.78, 5) is 11.6. The maximum absolute atomic E-state index is 12.8. The second-order valence-corrected chi connectivity index (χ2v) is 6.55. The van der Waals surface area contributed by atoms with Crippen LogP contribution >= 0.6 is 15.9 Å². The number of rotatable bonds is 2. The zero-order chi connectivity index (χ0) is 16.4. The normalized spacial score (nSPS) is 13.7. The molecule has 0 bridgehead atoms. The zero-order valence-electron chi connectivity index (χ0n) is 12.1. The van der Waals surface area contributed by atoms with E-state index >= 15 is 0 Å². The van der Waals surface area contributed by atoms with Gasteiger partial charge in [-0.15, -0.1) is 0 Å². The number of alkyl carbamates (subject to hydrolysis) is 1. The lowest BCUT2D eigenvalue weighted by Gasteiger charge is -2.22. The molecular formula is C14H17BrF3NO2. The molecule has 0 saturated carbocycles. The molecule has 1 aromatic carbocycles. The van der Waals surface area contributed by atoms with Gasteiger partial charge in [-0.3, -0.25) is 0 Å². The summed E-state index contributed by atoms with van der Waals surface area (Å²) in [7, 11) is 0. The predicted octanol–water partition coefficient (Wildman–Crippen LogP) is 5.05. The number of carbonyl (C=O) groups excluding carboxylic acids is 1. The lowest BCUT2D eigenvalue weighted by Crippen LogP contribution is -2.34. The average Bonchev–Trinajstić information content (AvgIpc) is 2.23. The highest BCUT2D eigenvalue weighted by Gasteiger charge is 2.31. The first-order valence-corrected chi connectivity index (χ1v) is 7.05. The van der Waals surface area contributed by atoms with Crippen LogP contribution in [0.2, 0.25) is 0 Å². The van der Waals surface area contributed by atoms with E-state index in [0.717, 1.165) is 12.1 Å². The Balaban J connectivity index is 2.90. The molecule has 0 aliphatic rings. The number of hydrogen-bond acceptors (Lipinski definition) is 2. The molecule has 0 saturated heterocycles. The van der Waals surface area contributed by atoms with Crippen molar-refractivity contribution in [1.82, 2.24) is 5.32 Å². The molecule has 0 spiro atoms. The van der Waals surface area contributed by atoms with Crippen molar-refractivity contribution in [3.8, 4) is 0 Å². The minimum atomic E-state index is -4.44. The maximum atomic E-state index is 12.8. The fourth-order valence-electron chi connectivity index (χ4n) is 1.59. The quantitative estimate of drug-likeness (QED) is 0.793. The first-order valence-electron chi connectivity index (χ1n) is 6.26. The molecule has 7 heteroatoms. The Morgan fingerprint density at radius 3 is 2.29 bits per heavy atom. The summed E-state index contributed by atoms with van der Waals surface area (Å²) in [6.45, 7) is 6.71. The minimum Gasteiger partial charge on any atom is -0.444 e. The van der Waals surface area contributed by atoms with E-state index in [0.29, 0.717) is 10.0 Å². The van der Waals surface area contributed by atoms with Gasteiger partial charge in [0.2, 0.25) is 0 Å². The standard InChI is InChI=1S/C14H17BrF3NO2/c1-8(19-12(20)21-13(2,3)4)9-5-10(14(16,17)18)7-11(15)6-9/h5-8H,1-4H3,(H,19,20). The van der Waals surface area contributed by atoms with Crippen LogP contribution in [0.5, 0.6) is 0 Å². The molecule has 1 amide bonds. The van der Waals surface area contributed by atoms with Crippen LogP contribution in [0.15, 0.2) is 22.7 Å². The Kier molecular flexibility index (Phi) is 5.30. The van der Waals surface area contributed by atoms with Crippen molar-refractivity contribution in [1.29, 1.82) is 0 Å². The van der Waals surface area contributed by atoms with Crippen LogP contribution in [0.4, 0.5) is 18.0 Å². The number of alkyl halides is 3. The van der Waals surface area contributed by atoms with E-state index in [1.54, 1.807) is 27.7 Å². The molecule has 0 radical (unpaired) electrons. The Hall–Kier alpha value is -1.24. The monoisotopic (exact) mass is 367 g/mol. The number of ether oxygens (including phenoxy) is 1. The SMILES string of the molecule is CC(NC(=O)OC(C)(C)C)c1cc(Br)cc(C(F)(F)F)c1. The number of amides is 1. The molecule has 1 atom stereocenters. The summed E-state index contributed by atoms with van der Waals surface area (Å²) in [6, 6.07) is 2.91. The fraction of sp³-hybridized carbons (Fsp3) is 0.500. The highest BCUT2D eigenvalue weighted by Crippen LogP contribution is 2.33. The van der Waals surface area contributed by atoms with Crippen LogP contribution in [0.25, 0.3) is 0 Å². The van der Waals surface area contributed by atoms with Crippen LogP contribution in [0.1, 0.15) is 44.9 Å². The van der Waals surface area contributed by atoms with Gasteiger partial charge in [-0.2, -0.15) is 13.2 Å². The fourth-order valence-corrected chi connectivity index (χ4v) is 2.10. The van der Waals surface area contributed by atoms with Gasteiger partial charge in [0, 0.05) is 4.47 Å². The third-order valence-electron chi connectivity index (χ3n) is 2.48. The molecule has 0 heterocycles. The first-order chi connectivity index (χ1) is 9.38. The molecule has 0 fully saturated rings. The minimum absolute atomic E-state index is 0.296. The van der Waals surface area contributed by atoms with Gasteiger partial charge < -0.3 is 10.1 Å². The molecule has 118 valence electrons. The Morgan fingerprint density at radius 2 is 1.81 bits per heavy atom. The van der Waals surface area contributed by atoms with Crippen LogP contribution in [0, 0.1) is 0 Å². The van der Waals surface area contributed by atoms with Crippen LogP contribution in [0.3, 0.4) is 0 Å². The lowest BCUT2D eigenvalue weighted by molar-refractivity contribution is -0.137. The number of nitrogens with one attached hydrogen (secondary N) is 1. The van der Waals surface area contributed by atoms with Gasteiger partial charge in [0.1, 0.15) is 5.60 Å². The highest BCUT2D eigenvalue weighted by atomic mass is 79.9. The smallest absolute Gasteiger partial charge is 0.416 e. The molecule has 1 unspecified atom stereocenters. The van der Waals surface area contributed by atoms with Gasteiger partial charge in [-0.1, -0.05) is 15.9 Å². The molecule has 0 aliphatic carbocycles. The van der Waals surface area contributed by atoms with E-state index in [2.05, 4.69) is 21.2 Å². The Bertz CT molecular complexity index is 524. The van der Waals surface area contributed by atoms with Crippen LogP contribution < -0.4 is 5.32 Å². The molecule has 1 N–H and O–H groups in total. The summed E-state index contributed by atoms with van der Waals surface area (Å²) in [5.74, 6) is 0. The largest absolute Gasteiger partial charge is 0.444 e. The topological polar surface area (TPSA) is 38.3 Å². The van der Waals surface area contributed by atoms with Crippen molar-refractivity contribution in [3.63, 3.8) is 0 Å². The summed E-state index contributed by atoms with van der Waals surface area (Å²) in [5.41, 5.74) is -1.11. The van der Waals surface area contributed by atoms with Crippen molar-refractivity contribution < 1.29 is 22.7 Å². The molecule has 1 aromatic rings. The molecular weight excluding hydrogens is 351 g/mol. The highest BCUT2D eigenvalue weighted by molar-refractivity contribution is 9.10. The average molecular weight is 368 g/mol. The van der Waals surface area contributed by atoms with Gasteiger partial charge in [0.05, 0.1) is 11.6 Å². The first kappa shape index (κ1) is 17.8. The molecule has 1 rings (SSSR count). The zero-order valence-corrected chi connectivity index (χ0v) is 13.7. The van der Waals surface area contributed by atoms with Gasteiger partial charge in [0.25, 0.3) is 0 Å². The lowest BCUT2D eigenvalue weighted by atomic mass is 10.1. The van der Waals surface area contributed by atoms with Crippen molar-refractivity contribution in [2.75, 3.05) is 0 Å². The van der Waals surface area contributed by atoms with Crippen LogP contribution in [-0.2, 0) is 10.9 Å². The number of carbonyl (C=O) groups is 1. The van der Waals surface area contributed by atoms with Gasteiger partial charge in [0.15, 0.2) is 0 Å². The summed E-state index contributed by atoms with van der Waals surface area (Å²) in [6.07, 6.45) is -5.12. The second kappa shape index (κ2) is 6.25. The van der Waals surface area contributed by atoms with E-state index in [1.165, 1.54) is 6.07 Å². The van der Waals surface area contributed by atoms with Crippen molar-refractivity contribution in [2.45, 2.75) is 45.5 Å².